The van der Waals surface area contributed by atoms with Gasteiger partial charge in [-0.25, -0.2) is 14.4 Å². The second-order valence-corrected chi connectivity index (χ2v) is 8.41. The van der Waals surface area contributed by atoms with E-state index in [9.17, 15) is 9.18 Å². The molecule has 0 bridgehead atoms. The highest BCUT2D eigenvalue weighted by Gasteiger charge is 2.39. The average Bonchev–Trinajstić information content (AvgIpc) is 3.13. The van der Waals surface area contributed by atoms with Gasteiger partial charge in [-0.2, -0.15) is 0 Å². The molecule has 0 radical (unpaired) electrons. The molecule has 1 aliphatic heterocycles. The maximum absolute atomic E-state index is 14.3. The number of amides is 1. The third-order valence-corrected chi connectivity index (χ3v) is 6.58. The molecule has 1 amide bonds. The van der Waals surface area contributed by atoms with Crippen LogP contribution in [-0.4, -0.2) is 47.1 Å². The van der Waals surface area contributed by atoms with Crippen LogP contribution in [0.3, 0.4) is 0 Å². The lowest BCUT2D eigenvalue weighted by Crippen LogP contribution is -2.41. The summed E-state index contributed by atoms with van der Waals surface area (Å²) >= 11 is 1.38. The van der Waals surface area contributed by atoms with E-state index in [1.807, 2.05) is 10.6 Å². The first-order valence-electron chi connectivity index (χ1n) is 9.48. The Balaban J connectivity index is 1.47. The van der Waals surface area contributed by atoms with Gasteiger partial charge in [0.1, 0.15) is 28.7 Å². The fourth-order valence-electron chi connectivity index (χ4n) is 3.94. The molecule has 8 nitrogen and oxygen atoms in total. The van der Waals surface area contributed by atoms with Gasteiger partial charge >= 0.3 is 0 Å². The van der Waals surface area contributed by atoms with E-state index in [0.717, 1.165) is 28.9 Å². The van der Waals surface area contributed by atoms with E-state index in [4.69, 9.17) is 0 Å². The molecule has 1 aliphatic carbocycles. The number of carbonyl (C=O) groups is 1. The maximum atomic E-state index is 14.3. The van der Waals surface area contributed by atoms with E-state index < -0.39 is 6.04 Å². The second kappa shape index (κ2) is 6.18. The molecule has 6 rings (SSSR count). The Hall–Kier alpha value is -3.14. The maximum Gasteiger partial charge on any atom is 0.292 e. The van der Waals surface area contributed by atoms with E-state index in [-0.39, 0.29) is 11.7 Å². The Morgan fingerprint density at radius 1 is 1.31 bits per heavy atom. The third-order valence-electron chi connectivity index (χ3n) is 5.51. The van der Waals surface area contributed by atoms with Crippen LogP contribution in [0.25, 0.3) is 10.2 Å². The lowest BCUT2D eigenvalue weighted by atomic mass is 10.0. The Kier molecular flexibility index (Phi) is 3.58. The number of rotatable bonds is 3. The highest BCUT2D eigenvalue weighted by atomic mass is 32.1. The van der Waals surface area contributed by atoms with Crippen molar-refractivity contribution < 1.29 is 9.18 Å². The number of hydrogen-bond acceptors (Lipinski definition) is 6. The molecule has 2 aliphatic rings. The van der Waals surface area contributed by atoms with Crippen molar-refractivity contribution in [1.82, 2.24) is 34.6 Å². The van der Waals surface area contributed by atoms with Crippen molar-refractivity contribution in [2.45, 2.75) is 31.3 Å². The lowest BCUT2D eigenvalue weighted by molar-refractivity contribution is 0.0672. The molecule has 0 unspecified atom stereocenters. The van der Waals surface area contributed by atoms with Crippen LogP contribution in [0, 0.1) is 5.82 Å². The number of nitrogens with zero attached hydrogens (tertiary/aromatic N) is 6. The molecule has 4 heterocycles. The van der Waals surface area contributed by atoms with Gasteiger partial charge in [0.05, 0.1) is 16.7 Å². The quantitative estimate of drug-likeness (QED) is 0.562. The molecule has 3 aromatic heterocycles. The predicted molar refractivity (Wildman–Crippen MR) is 103 cm³/mol. The van der Waals surface area contributed by atoms with Crippen molar-refractivity contribution in [3.05, 3.63) is 58.9 Å². The van der Waals surface area contributed by atoms with Crippen LogP contribution in [0.1, 0.15) is 51.9 Å². The van der Waals surface area contributed by atoms with Crippen molar-refractivity contribution >= 4 is 27.5 Å². The van der Waals surface area contributed by atoms with Gasteiger partial charge in [0.15, 0.2) is 0 Å². The Morgan fingerprint density at radius 2 is 2.21 bits per heavy atom. The number of halogens is 1. The summed E-state index contributed by atoms with van der Waals surface area (Å²) in [5, 5.41) is 8.70. The van der Waals surface area contributed by atoms with E-state index >= 15 is 0 Å². The van der Waals surface area contributed by atoms with Gasteiger partial charge in [-0.15, -0.1) is 21.5 Å². The molecule has 0 saturated heterocycles. The van der Waals surface area contributed by atoms with Crippen molar-refractivity contribution in [2.75, 3.05) is 6.54 Å². The summed E-state index contributed by atoms with van der Waals surface area (Å²) in [6, 6.07) is 4.71. The normalized spacial score (nSPS) is 18.9. The SMILES string of the molecule is O=C(c1nncn1C1CC1)N1CCc2[nH]cnc2[C@H]1c1nc2c(F)cccc2s1. The molecule has 1 atom stereocenters. The number of para-hydroxylation sites is 1. The first-order valence-corrected chi connectivity index (χ1v) is 10.3. The summed E-state index contributed by atoms with van der Waals surface area (Å²) < 4.78 is 16.9. The molecule has 1 N–H and O–H groups in total. The molecule has 146 valence electrons. The molecular weight excluding hydrogens is 393 g/mol. The summed E-state index contributed by atoms with van der Waals surface area (Å²) in [4.78, 5) is 27.4. The highest BCUT2D eigenvalue weighted by Crippen LogP contribution is 2.40. The van der Waals surface area contributed by atoms with Crippen molar-refractivity contribution in [3.63, 3.8) is 0 Å². The smallest absolute Gasteiger partial charge is 0.292 e. The first-order chi connectivity index (χ1) is 14.2. The minimum atomic E-state index is -0.487. The number of nitrogens with one attached hydrogen (secondary N) is 1. The van der Waals surface area contributed by atoms with Gasteiger partial charge in [-0.05, 0) is 25.0 Å². The van der Waals surface area contributed by atoms with Crippen LogP contribution in [0.5, 0.6) is 0 Å². The summed E-state index contributed by atoms with van der Waals surface area (Å²) in [5.41, 5.74) is 2.05. The van der Waals surface area contributed by atoms with Crippen molar-refractivity contribution in [3.8, 4) is 0 Å². The van der Waals surface area contributed by atoms with E-state index in [1.54, 1.807) is 23.6 Å². The van der Waals surface area contributed by atoms with Crippen LogP contribution >= 0.6 is 11.3 Å². The number of aromatic amines is 1. The van der Waals surface area contributed by atoms with Gasteiger partial charge in [-0.1, -0.05) is 6.07 Å². The molecule has 1 saturated carbocycles. The van der Waals surface area contributed by atoms with Crippen LogP contribution in [0.15, 0.2) is 30.9 Å². The summed E-state index contributed by atoms with van der Waals surface area (Å²) in [6.45, 7) is 0.495. The number of benzene rings is 1. The molecule has 10 heteroatoms. The number of H-pyrrole nitrogens is 1. The fraction of sp³-hybridized carbons (Fsp3) is 0.316. The molecule has 1 fully saturated rings. The monoisotopic (exact) mass is 409 g/mol. The number of carbonyl (C=O) groups excluding carboxylic acids is 1. The zero-order chi connectivity index (χ0) is 19.5. The fourth-order valence-corrected chi connectivity index (χ4v) is 5.04. The molecule has 4 aromatic rings. The number of fused-ring (bicyclic) bond motifs is 2. The Morgan fingerprint density at radius 3 is 3.03 bits per heavy atom. The summed E-state index contributed by atoms with van der Waals surface area (Å²) in [7, 11) is 0. The van der Waals surface area contributed by atoms with E-state index in [0.29, 0.717) is 35.4 Å². The molecular formula is C19H16FN7OS. The van der Waals surface area contributed by atoms with Crippen LogP contribution in [0.2, 0.25) is 0 Å². The van der Waals surface area contributed by atoms with Gasteiger partial charge in [0.25, 0.3) is 5.91 Å². The van der Waals surface area contributed by atoms with Crippen LogP contribution < -0.4 is 0 Å². The van der Waals surface area contributed by atoms with Gasteiger partial charge in [0, 0.05) is 24.7 Å². The molecule has 1 aromatic carbocycles. The van der Waals surface area contributed by atoms with Crippen molar-refractivity contribution in [1.29, 1.82) is 0 Å². The predicted octanol–water partition coefficient (Wildman–Crippen LogP) is 2.87. The summed E-state index contributed by atoms with van der Waals surface area (Å²) in [5.74, 6) is -0.231. The van der Waals surface area contributed by atoms with Gasteiger partial charge in [-0.3, -0.25) is 4.79 Å². The lowest BCUT2D eigenvalue weighted by Gasteiger charge is -2.33. The zero-order valence-corrected chi connectivity index (χ0v) is 16.1. The van der Waals surface area contributed by atoms with Gasteiger partial charge in [0.2, 0.25) is 5.82 Å². The molecule has 29 heavy (non-hydrogen) atoms. The number of hydrogen-bond donors (Lipinski definition) is 1. The topological polar surface area (TPSA) is 92.6 Å². The van der Waals surface area contributed by atoms with Crippen LogP contribution in [-0.2, 0) is 6.42 Å². The Labute approximate surface area is 168 Å². The minimum absolute atomic E-state index is 0.201. The number of aromatic nitrogens is 6. The van der Waals surface area contributed by atoms with E-state index in [2.05, 4.69) is 25.1 Å². The molecule has 0 spiro atoms. The van der Waals surface area contributed by atoms with Crippen molar-refractivity contribution in [2.24, 2.45) is 0 Å². The minimum Gasteiger partial charge on any atom is -0.348 e. The van der Waals surface area contributed by atoms with E-state index in [1.165, 1.54) is 17.4 Å². The second-order valence-electron chi connectivity index (χ2n) is 7.35. The number of imidazole rings is 1. The highest BCUT2D eigenvalue weighted by molar-refractivity contribution is 7.18. The third kappa shape index (κ3) is 2.59. The standard InChI is InChI=1S/C19H16FN7OS/c20-11-2-1-3-13-14(11)24-18(29-13)16-15-12(21-8-22-15)6-7-26(16)19(28)17-25-23-9-27(17)10-4-5-10/h1-3,8-10,16H,4-7H2,(H,21,22)/t16-/m0/s1. The van der Waals surface area contributed by atoms with Gasteiger partial charge < -0.3 is 14.5 Å². The summed E-state index contributed by atoms with van der Waals surface area (Å²) in [6.07, 6.45) is 5.97. The largest absolute Gasteiger partial charge is 0.348 e. The average molecular weight is 409 g/mol. The Bertz CT molecular complexity index is 1240. The first kappa shape index (κ1) is 16.8. The number of thiazole rings is 1. The zero-order valence-electron chi connectivity index (χ0n) is 15.2. The van der Waals surface area contributed by atoms with Crippen LogP contribution in [0.4, 0.5) is 4.39 Å².